The van der Waals surface area contributed by atoms with Gasteiger partial charge in [-0.25, -0.2) is 4.39 Å². The standard InChI is InChI=1S/C18H15FN2O3/c1-22-15-5-6-16-12(9-15)7-13(10-23-16)18-20-17(21-24-18)11-3-2-4-14(19)8-11/h2-6,8-9,13H,7,10H2,1H3/t13-/m0/s1. The molecule has 0 radical (unpaired) electrons. The number of nitrogens with zero attached hydrogens (tertiary/aromatic N) is 2. The van der Waals surface area contributed by atoms with Crippen LogP contribution >= 0.6 is 0 Å². The highest BCUT2D eigenvalue weighted by Gasteiger charge is 2.27. The first kappa shape index (κ1) is 14.7. The molecule has 1 aromatic heterocycles. The average molecular weight is 326 g/mol. The van der Waals surface area contributed by atoms with Crippen LogP contribution in [0.2, 0.25) is 0 Å². The molecule has 1 atom stereocenters. The summed E-state index contributed by atoms with van der Waals surface area (Å²) in [6, 6.07) is 11.8. The van der Waals surface area contributed by atoms with Crippen molar-refractivity contribution in [1.29, 1.82) is 0 Å². The molecule has 2 aromatic carbocycles. The third-order valence-electron chi connectivity index (χ3n) is 4.05. The second-order valence-electron chi connectivity index (χ2n) is 5.65. The number of fused-ring (bicyclic) bond motifs is 1. The summed E-state index contributed by atoms with van der Waals surface area (Å²) in [5.74, 6) is 2.12. The number of methoxy groups -OCH3 is 1. The molecule has 24 heavy (non-hydrogen) atoms. The first-order valence-electron chi connectivity index (χ1n) is 7.62. The van der Waals surface area contributed by atoms with Gasteiger partial charge in [0.15, 0.2) is 0 Å². The maximum atomic E-state index is 13.3. The molecule has 3 aromatic rings. The number of ether oxygens (including phenoxy) is 2. The predicted octanol–water partition coefficient (Wildman–Crippen LogP) is 3.60. The van der Waals surface area contributed by atoms with Crippen LogP contribution in [-0.2, 0) is 6.42 Å². The number of hydrogen-bond acceptors (Lipinski definition) is 5. The van der Waals surface area contributed by atoms with Gasteiger partial charge >= 0.3 is 0 Å². The van der Waals surface area contributed by atoms with Gasteiger partial charge in [-0.2, -0.15) is 4.98 Å². The minimum absolute atomic E-state index is 0.0422. The lowest BCUT2D eigenvalue weighted by Gasteiger charge is -2.23. The predicted molar refractivity (Wildman–Crippen MR) is 84.6 cm³/mol. The zero-order valence-corrected chi connectivity index (χ0v) is 13.0. The third kappa shape index (κ3) is 2.71. The van der Waals surface area contributed by atoms with E-state index in [1.807, 2.05) is 18.2 Å². The van der Waals surface area contributed by atoms with Gasteiger partial charge in [0.25, 0.3) is 0 Å². The van der Waals surface area contributed by atoms with E-state index in [9.17, 15) is 4.39 Å². The van der Waals surface area contributed by atoms with Crippen molar-refractivity contribution in [3.63, 3.8) is 0 Å². The van der Waals surface area contributed by atoms with Gasteiger partial charge < -0.3 is 14.0 Å². The van der Waals surface area contributed by atoms with Crippen LogP contribution in [0.3, 0.4) is 0 Å². The lowest BCUT2D eigenvalue weighted by molar-refractivity contribution is 0.230. The Balaban J connectivity index is 1.59. The topological polar surface area (TPSA) is 57.4 Å². The van der Waals surface area contributed by atoms with Crippen LogP contribution in [-0.4, -0.2) is 23.9 Å². The summed E-state index contributed by atoms with van der Waals surface area (Å²) in [5, 5.41) is 3.96. The Labute approximate surface area is 138 Å². The van der Waals surface area contributed by atoms with Crippen LogP contribution in [0.4, 0.5) is 4.39 Å². The molecular formula is C18H15FN2O3. The highest BCUT2D eigenvalue weighted by Crippen LogP contribution is 2.34. The molecule has 0 aliphatic carbocycles. The van der Waals surface area contributed by atoms with Gasteiger partial charge in [-0.1, -0.05) is 17.3 Å². The summed E-state index contributed by atoms with van der Waals surface area (Å²) < 4.78 is 29.7. The molecule has 2 heterocycles. The molecule has 1 aliphatic rings. The molecule has 0 amide bonds. The van der Waals surface area contributed by atoms with Gasteiger partial charge in [0.05, 0.1) is 13.0 Å². The van der Waals surface area contributed by atoms with Gasteiger partial charge in [0, 0.05) is 5.56 Å². The zero-order chi connectivity index (χ0) is 16.5. The van der Waals surface area contributed by atoms with Gasteiger partial charge in [0.1, 0.15) is 23.9 Å². The third-order valence-corrected chi connectivity index (χ3v) is 4.05. The summed E-state index contributed by atoms with van der Waals surface area (Å²) >= 11 is 0. The van der Waals surface area contributed by atoms with E-state index in [1.54, 1.807) is 19.2 Å². The Morgan fingerprint density at radius 1 is 1.21 bits per heavy atom. The SMILES string of the molecule is COc1ccc2c(c1)C[C@H](c1nc(-c3cccc(F)c3)no1)CO2. The first-order valence-corrected chi connectivity index (χ1v) is 7.62. The van der Waals surface area contributed by atoms with E-state index in [2.05, 4.69) is 10.1 Å². The smallest absolute Gasteiger partial charge is 0.233 e. The Bertz CT molecular complexity index is 878. The van der Waals surface area contributed by atoms with Gasteiger partial charge in [-0.3, -0.25) is 0 Å². The van der Waals surface area contributed by atoms with Crippen molar-refractivity contribution < 1.29 is 18.4 Å². The summed E-state index contributed by atoms with van der Waals surface area (Å²) in [7, 11) is 1.63. The largest absolute Gasteiger partial charge is 0.497 e. The molecule has 0 fully saturated rings. The van der Waals surface area contributed by atoms with E-state index < -0.39 is 0 Å². The quantitative estimate of drug-likeness (QED) is 0.736. The number of aromatic nitrogens is 2. The van der Waals surface area contributed by atoms with Crippen LogP contribution < -0.4 is 9.47 Å². The molecule has 0 saturated heterocycles. The Kier molecular flexibility index (Phi) is 3.65. The fourth-order valence-electron chi connectivity index (χ4n) is 2.80. The van der Waals surface area contributed by atoms with Crippen LogP contribution in [0.5, 0.6) is 11.5 Å². The fraction of sp³-hybridized carbons (Fsp3) is 0.222. The summed E-state index contributed by atoms with van der Waals surface area (Å²) in [5.41, 5.74) is 1.62. The van der Waals surface area contributed by atoms with E-state index in [0.29, 0.717) is 23.9 Å². The van der Waals surface area contributed by atoms with Crippen LogP contribution in [0.15, 0.2) is 47.0 Å². The minimum Gasteiger partial charge on any atom is -0.497 e. The lowest BCUT2D eigenvalue weighted by Crippen LogP contribution is -2.19. The molecule has 5 nitrogen and oxygen atoms in total. The highest BCUT2D eigenvalue weighted by molar-refractivity contribution is 5.54. The number of hydrogen-bond donors (Lipinski definition) is 0. The van der Waals surface area contributed by atoms with Crippen LogP contribution in [0.1, 0.15) is 17.4 Å². The lowest BCUT2D eigenvalue weighted by atomic mass is 9.96. The normalized spacial score (nSPS) is 16.3. The van der Waals surface area contributed by atoms with Gasteiger partial charge in [0.2, 0.25) is 11.7 Å². The van der Waals surface area contributed by atoms with Crippen molar-refractivity contribution in [2.45, 2.75) is 12.3 Å². The van der Waals surface area contributed by atoms with Gasteiger partial charge in [-0.15, -0.1) is 0 Å². The summed E-state index contributed by atoms with van der Waals surface area (Å²) in [6.07, 6.45) is 0.720. The zero-order valence-electron chi connectivity index (χ0n) is 13.0. The van der Waals surface area contributed by atoms with E-state index in [1.165, 1.54) is 12.1 Å². The Morgan fingerprint density at radius 2 is 2.12 bits per heavy atom. The Hall–Kier alpha value is -2.89. The van der Waals surface area contributed by atoms with Crippen molar-refractivity contribution in [3.05, 3.63) is 59.7 Å². The first-order chi connectivity index (χ1) is 11.7. The number of benzene rings is 2. The van der Waals surface area contributed by atoms with Crippen molar-refractivity contribution in [2.24, 2.45) is 0 Å². The molecule has 1 aliphatic heterocycles. The molecule has 0 N–H and O–H groups in total. The second kappa shape index (κ2) is 5.96. The molecule has 0 bridgehead atoms. The number of rotatable bonds is 3. The van der Waals surface area contributed by atoms with Gasteiger partial charge in [-0.05, 0) is 42.3 Å². The van der Waals surface area contributed by atoms with Crippen molar-refractivity contribution in [1.82, 2.24) is 10.1 Å². The Morgan fingerprint density at radius 3 is 2.96 bits per heavy atom. The molecule has 0 unspecified atom stereocenters. The average Bonchev–Trinajstić information content (AvgIpc) is 3.11. The maximum absolute atomic E-state index is 13.3. The van der Waals surface area contributed by atoms with Crippen molar-refractivity contribution in [2.75, 3.05) is 13.7 Å². The maximum Gasteiger partial charge on any atom is 0.233 e. The highest BCUT2D eigenvalue weighted by atomic mass is 19.1. The molecule has 0 saturated carbocycles. The molecule has 6 heteroatoms. The molecule has 0 spiro atoms. The second-order valence-corrected chi connectivity index (χ2v) is 5.65. The number of halogens is 1. The molecular weight excluding hydrogens is 311 g/mol. The van der Waals surface area contributed by atoms with E-state index >= 15 is 0 Å². The van der Waals surface area contributed by atoms with Crippen molar-refractivity contribution >= 4 is 0 Å². The van der Waals surface area contributed by atoms with E-state index in [0.717, 1.165) is 23.5 Å². The summed E-state index contributed by atoms with van der Waals surface area (Å²) in [4.78, 5) is 4.41. The van der Waals surface area contributed by atoms with Crippen LogP contribution in [0.25, 0.3) is 11.4 Å². The van der Waals surface area contributed by atoms with Crippen LogP contribution in [0, 0.1) is 5.82 Å². The summed E-state index contributed by atoms with van der Waals surface area (Å²) in [6.45, 7) is 0.462. The van der Waals surface area contributed by atoms with E-state index in [-0.39, 0.29) is 11.7 Å². The molecule has 122 valence electrons. The van der Waals surface area contributed by atoms with Crippen molar-refractivity contribution in [3.8, 4) is 22.9 Å². The minimum atomic E-state index is -0.333. The van der Waals surface area contributed by atoms with E-state index in [4.69, 9.17) is 14.0 Å². The monoisotopic (exact) mass is 326 g/mol. The molecule has 4 rings (SSSR count). The fourth-order valence-corrected chi connectivity index (χ4v) is 2.80.